The van der Waals surface area contributed by atoms with Crippen molar-refractivity contribution < 1.29 is 12.6 Å². The van der Waals surface area contributed by atoms with Gasteiger partial charge in [-0.05, 0) is 27.2 Å². The summed E-state index contributed by atoms with van der Waals surface area (Å²) in [5, 5.41) is 0.611. The summed E-state index contributed by atoms with van der Waals surface area (Å²) >= 11 is 1.54. The molecule has 0 aliphatic carbocycles. The Morgan fingerprint density at radius 3 is 2.61 bits per heavy atom. The number of aromatic nitrogens is 1. The number of aryl methyl sites for hydroxylation is 1. The van der Waals surface area contributed by atoms with Gasteiger partial charge in [-0.2, -0.15) is 0 Å². The molecule has 0 aliphatic rings. The first-order valence-electron chi connectivity index (χ1n) is 5.79. The van der Waals surface area contributed by atoms with Crippen molar-refractivity contribution in [3.8, 4) is 0 Å². The Kier molecular flexibility index (Phi) is 5.94. The molecule has 0 unspecified atom stereocenters. The Labute approximate surface area is 115 Å². The summed E-state index contributed by atoms with van der Waals surface area (Å²) in [6, 6.07) is 0. The third-order valence-electron chi connectivity index (χ3n) is 2.49. The molecule has 0 aliphatic heterocycles. The minimum atomic E-state index is -3.01. The summed E-state index contributed by atoms with van der Waals surface area (Å²) < 4.78 is 34.9. The summed E-state index contributed by atoms with van der Waals surface area (Å²) in [6.07, 6.45) is 2.20. The Morgan fingerprint density at radius 2 is 2.11 bits per heavy atom. The van der Waals surface area contributed by atoms with Crippen LogP contribution < -0.4 is 0 Å². The van der Waals surface area contributed by atoms with Gasteiger partial charge in [0.1, 0.15) is 0 Å². The Hall–Kier alpha value is -0.270. The van der Waals surface area contributed by atoms with Crippen molar-refractivity contribution in [1.29, 1.82) is 0 Å². The van der Waals surface area contributed by atoms with Crippen molar-refractivity contribution in [3.05, 3.63) is 16.1 Å². The van der Waals surface area contributed by atoms with E-state index in [0.717, 1.165) is 9.88 Å². The molecule has 1 atom stereocenters. The van der Waals surface area contributed by atoms with Crippen molar-refractivity contribution in [2.24, 2.45) is 0 Å². The number of sulfone groups is 1. The van der Waals surface area contributed by atoms with Gasteiger partial charge in [-0.15, -0.1) is 11.3 Å². The average molecular weight is 309 g/mol. The van der Waals surface area contributed by atoms with Gasteiger partial charge < -0.3 is 0 Å². The first-order chi connectivity index (χ1) is 8.31. The molecule has 0 radical (unpaired) electrons. The molecule has 0 bridgehead atoms. The van der Waals surface area contributed by atoms with Crippen LogP contribution in [-0.4, -0.2) is 34.4 Å². The van der Waals surface area contributed by atoms with Crippen LogP contribution in [0.25, 0.3) is 0 Å². The molecule has 1 aromatic heterocycles. The zero-order valence-electron chi connectivity index (χ0n) is 10.9. The predicted octanol–water partition coefficient (Wildman–Crippen LogP) is 1.91. The highest BCUT2D eigenvalue weighted by Crippen LogP contribution is 2.14. The van der Waals surface area contributed by atoms with Gasteiger partial charge in [0.15, 0.2) is 9.84 Å². The quantitative estimate of drug-likeness (QED) is 0.772. The maximum atomic E-state index is 11.8. The zero-order valence-corrected chi connectivity index (χ0v) is 13.3. The molecule has 0 N–H and O–H groups in total. The van der Waals surface area contributed by atoms with Crippen LogP contribution in [0.2, 0.25) is 0 Å². The lowest BCUT2D eigenvalue weighted by Crippen LogP contribution is -2.19. The molecule has 1 aromatic rings. The largest absolute Gasteiger partial charge is 0.259 e. The first-order valence-corrected chi connectivity index (χ1v) is 9.81. The molecule has 7 heteroatoms. The van der Waals surface area contributed by atoms with Crippen molar-refractivity contribution in [2.75, 3.05) is 11.5 Å². The van der Waals surface area contributed by atoms with E-state index in [0.29, 0.717) is 17.9 Å². The number of rotatable bonds is 7. The lowest BCUT2D eigenvalue weighted by atomic mass is 10.6. The first kappa shape index (κ1) is 15.8. The van der Waals surface area contributed by atoms with Gasteiger partial charge in [0, 0.05) is 27.6 Å². The molecule has 1 heterocycles. The van der Waals surface area contributed by atoms with Gasteiger partial charge in [0.2, 0.25) is 0 Å². The summed E-state index contributed by atoms with van der Waals surface area (Å²) in [5.41, 5.74) is 0. The highest BCUT2D eigenvalue weighted by Gasteiger charge is 2.16. The SMILES string of the molecule is Cc1ncc(C[S@](=O)CCCS(=O)(=O)C(C)C)s1. The van der Waals surface area contributed by atoms with Crippen LogP contribution in [0.3, 0.4) is 0 Å². The van der Waals surface area contributed by atoms with Gasteiger partial charge in [-0.3, -0.25) is 4.21 Å². The second-order valence-corrected chi connectivity index (χ2v) is 9.98. The lowest BCUT2D eigenvalue weighted by Gasteiger charge is -2.06. The molecule has 104 valence electrons. The second kappa shape index (κ2) is 6.77. The molecule has 0 fully saturated rings. The van der Waals surface area contributed by atoms with E-state index in [4.69, 9.17) is 0 Å². The lowest BCUT2D eigenvalue weighted by molar-refractivity contribution is 0.586. The van der Waals surface area contributed by atoms with E-state index in [-0.39, 0.29) is 11.0 Å². The number of hydrogen-bond acceptors (Lipinski definition) is 5. The fourth-order valence-corrected chi connectivity index (χ4v) is 4.78. The molecule has 0 saturated carbocycles. The van der Waals surface area contributed by atoms with E-state index in [2.05, 4.69) is 4.98 Å². The fraction of sp³-hybridized carbons (Fsp3) is 0.727. The van der Waals surface area contributed by atoms with Crippen LogP contribution in [0, 0.1) is 6.92 Å². The van der Waals surface area contributed by atoms with Crippen LogP contribution in [0.15, 0.2) is 6.20 Å². The maximum absolute atomic E-state index is 11.8. The van der Waals surface area contributed by atoms with Gasteiger partial charge >= 0.3 is 0 Å². The van der Waals surface area contributed by atoms with E-state index in [9.17, 15) is 12.6 Å². The predicted molar refractivity (Wildman–Crippen MR) is 77.1 cm³/mol. The standard InChI is InChI=1S/C11H19NO3S3/c1-9(2)18(14,15)6-4-5-17(13)8-11-7-12-10(3)16-11/h7,9H,4-6,8H2,1-3H3/t17-/m1/s1. The maximum Gasteiger partial charge on any atom is 0.152 e. The molecular formula is C11H19NO3S3. The van der Waals surface area contributed by atoms with Gasteiger partial charge in [-0.1, -0.05) is 0 Å². The van der Waals surface area contributed by atoms with Gasteiger partial charge in [0.05, 0.1) is 21.8 Å². The Balaban J connectivity index is 2.34. The monoisotopic (exact) mass is 309 g/mol. The second-order valence-electron chi connectivity index (χ2n) is 4.40. The van der Waals surface area contributed by atoms with Crippen LogP contribution in [0.1, 0.15) is 30.2 Å². The topological polar surface area (TPSA) is 64.1 Å². The minimum absolute atomic E-state index is 0.123. The molecule has 0 aromatic carbocycles. The van der Waals surface area contributed by atoms with E-state index in [1.807, 2.05) is 6.92 Å². The van der Waals surface area contributed by atoms with E-state index in [1.165, 1.54) is 11.3 Å². The Morgan fingerprint density at radius 1 is 1.44 bits per heavy atom. The van der Waals surface area contributed by atoms with Crippen LogP contribution >= 0.6 is 11.3 Å². The van der Waals surface area contributed by atoms with Crippen molar-refractivity contribution in [1.82, 2.24) is 4.98 Å². The van der Waals surface area contributed by atoms with Crippen LogP contribution in [-0.2, 0) is 26.4 Å². The van der Waals surface area contributed by atoms with Crippen molar-refractivity contribution in [2.45, 2.75) is 38.2 Å². The molecule has 0 saturated heterocycles. The molecule has 4 nitrogen and oxygen atoms in total. The minimum Gasteiger partial charge on any atom is -0.259 e. The van der Waals surface area contributed by atoms with Crippen molar-refractivity contribution in [3.63, 3.8) is 0 Å². The van der Waals surface area contributed by atoms with Gasteiger partial charge in [-0.25, -0.2) is 13.4 Å². The normalized spacial score (nSPS) is 14.0. The third-order valence-corrected chi connectivity index (χ3v) is 7.26. The summed E-state index contributed by atoms with van der Waals surface area (Å²) in [6.45, 7) is 5.26. The van der Waals surface area contributed by atoms with E-state index in [1.54, 1.807) is 20.0 Å². The average Bonchev–Trinajstić information content (AvgIpc) is 2.63. The van der Waals surface area contributed by atoms with Crippen LogP contribution in [0.4, 0.5) is 0 Å². The zero-order chi connectivity index (χ0) is 13.8. The molecule has 0 amide bonds. The van der Waals surface area contributed by atoms with E-state index < -0.39 is 20.6 Å². The number of hydrogen-bond donors (Lipinski definition) is 0. The summed E-state index contributed by atoms with van der Waals surface area (Å²) in [7, 11) is -4.01. The highest BCUT2D eigenvalue weighted by atomic mass is 32.2. The highest BCUT2D eigenvalue weighted by molar-refractivity contribution is 7.92. The number of nitrogens with zero attached hydrogens (tertiary/aromatic N) is 1. The van der Waals surface area contributed by atoms with Crippen LogP contribution in [0.5, 0.6) is 0 Å². The molecule has 0 spiro atoms. The van der Waals surface area contributed by atoms with Gasteiger partial charge in [0.25, 0.3) is 0 Å². The molecule has 1 rings (SSSR count). The number of thiazole rings is 1. The smallest absolute Gasteiger partial charge is 0.152 e. The third kappa shape index (κ3) is 5.16. The summed E-state index contributed by atoms with van der Waals surface area (Å²) in [4.78, 5) is 5.10. The Bertz CT molecular complexity index is 505. The van der Waals surface area contributed by atoms with Crippen molar-refractivity contribution >= 4 is 32.0 Å². The molecule has 18 heavy (non-hydrogen) atoms. The molecular weight excluding hydrogens is 290 g/mol. The summed E-state index contributed by atoms with van der Waals surface area (Å²) in [5.74, 6) is 1.04. The fourth-order valence-electron chi connectivity index (χ4n) is 1.36. The van der Waals surface area contributed by atoms with E-state index >= 15 is 0 Å².